The molecule has 1 spiro atoms. The van der Waals surface area contributed by atoms with Crippen molar-refractivity contribution in [1.29, 1.82) is 0 Å². The molecule has 0 radical (unpaired) electrons. The van der Waals surface area contributed by atoms with E-state index < -0.39 is 0 Å². The van der Waals surface area contributed by atoms with Crippen molar-refractivity contribution in [1.82, 2.24) is 4.90 Å². The second-order valence-electron chi connectivity index (χ2n) is 7.43. The minimum Gasteiger partial charge on any atom is -0.506 e. The van der Waals surface area contributed by atoms with Crippen LogP contribution in [0.25, 0.3) is 0 Å². The summed E-state index contributed by atoms with van der Waals surface area (Å²) in [5, 5.41) is 13.7. The molecule has 3 heteroatoms. The normalized spacial score (nSPS) is 42.0. The van der Waals surface area contributed by atoms with Crippen LogP contribution < -0.4 is 5.32 Å². The summed E-state index contributed by atoms with van der Waals surface area (Å²) < 4.78 is 0. The van der Waals surface area contributed by atoms with Crippen molar-refractivity contribution < 1.29 is 5.11 Å². The van der Waals surface area contributed by atoms with Crippen molar-refractivity contribution in [3.05, 3.63) is 23.3 Å². The predicted molar refractivity (Wildman–Crippen MR) is 84.0 cm³/mol. The van der Waals surface area contributed by atoms with Gasteiger partial charge in [-0.15, -0.1) is 0 Å². The van der Waals surface area contributed by atoms with E-state index in [1.54, 1.807) is 0 Å². The summed E-state index contributed by atoms with van der Waals surface area (Å²) in [6, 6.07) is 5.13. The summed E-state index contributed by atoms with van der Waals surface area (Å²) in [5.41, 5.74) is 4.73. The van der Waals surface area contributed by atoms with Crippen molar-refractivity contribution in [2.75, 3.05) is 18.4 Å². The summed E-state index contributed by atoms with van der Waals surface area (Å²) in [7, 11) is 0. The van der Waals surface area contributed by atoms with Crippen LogP contribution in [0, 0.1) is 0 Å². The van der Waals surface area contributed by atoms with Crippen LogP contribution in [0.2, 0.25) is 0 Å². The monoisotopic (exact) mass is 284 g/mol. The van der Waals surface area contributed by atoms with Gasteiger partial charge < -0.3 is 10.4 Å². The van der Waals surface area contributed by atoms with Gasteiger partial charge in [0.05, 0.1) is 5.69 Å². The molecule has 3 fully saturated rings. The van der Waals surface area contributed by atoms with Gasteiger partial charge in [0, 0.05) is 30.1 Å². The molecule has 1 aromatic carbocycles. The van der Waals surface area contributed by atoms with E-state index in [0.717, 1.165) is 18.3 Å². The number of fused-ring (bicyclic) bond motifs is 2. The molecule has 1 unspecified atom stereocenters. The van der Waals surface area contributed by atoms with E-state index >= 15 is 0 Å². The first-order valence-corrected chi connectivity index (χ1v) is 8.60. The average molecular weight is 284 g/mol. The molecule has 4 atom stereocenters. The molecule has 21 heavy (non-hydrogen) atoms. The van der Waals surface area contributed by atoms with Crippen molar-refractivity contribution in [3.8, 4) is 5.75 Å². The molecule has 1 saturated carbocycles. The second kappa shape index (κ2) is 3.75. The van der Waals surface area contributed by atoms with Crippen LogP contribution >= 0.6 is 0 Å². The highest BCUT2D eigenvalue weighted by Gasteiger charge is 2.77. The van der Waals surface area contributed by atoms with Gasteiger partial charge in [0.15, 0.2) is 0 Å². The molecule has 2 aliphatic carbocycles. The Hall–Kier alpha value is -1.22. The first kappa shape index (κ1) is 12.3. The lowest BCUT2D eigenvalue weighted by atomic mass is 9.56. The van der Waals surface area contributed by atoms with Gasteiger partial charge in [-0.25, -0.2) is 0 Å². The number of hydrogen-bond donors (Lipinski definition) is 2. The van der Waals surface area contributed by atoms with Crippen LogP contribution in [-0.2, 0) is 11.8 Å². The Morgan fingerprint density at radius 2 is 2.14 bits per heavy atom. The van der Waals surface area contributed by atoms with Gasteiger partial charge in [-0.1, -0.05) is 12.8 Å². The summed E-state index contributed by atoms with van der Waals surface area (Å²) in [6.07, 6.45) is 7.95. The third kappa shape index (κ3) is 1.22. The van der Waals surface area contributed by atoms with Gasteiger partial charge in [0.25, 0.3) is 0 Å². The topological polar surface area (TPSA) is 35.3 Å². The van der Waals surface area contributed by atoms with E-state index in [9.17, 15) is 5.11 Å². The van der Waals surface area contributed by atoms with E-state index in [2.05, 4.69) is 29.3 Å². The fourth-order valence-corrected chi connectivity index (χ4v) is 6.21. The summed E-state index contributed by atoms with van der Waals surface area (Å²) in [4.78, 5) is 2.79. The van der Waals surface area contributed by atoms with E-state index in [1.807, 2.05) is 0 Å². The highest BCUT2D eigenvalue weighted by Crippen LogP contribution is 2.71. The van der Waals surface area contributed by atoms with Crippen molar-refractivity contribution in [2.45, 2.75) is 62.4 Å². The maximum Gasteiger partial charge on any atom is 0.138 e. The third-order valence-electron chi connectivity index (χ3n) is 6.91. The minimum atomic E-state index is 0.353. The van der Waals surface area contributed by atoms with Gasteiger partial charge in [0.2, 0.25) is 0 Å². The number of benzene rings is 1. The van der Waals surface area contributed by atoms with Crippen LogP contribution in [0.5, 0.6) is 5.75 Å². The number of hydrogen-bond acceptors (Lipinski definition) is 3. The number of anilines is 1. The molecule has 2 heterocycles. The fourth-order valence-electron chi connectivity index (χ4n) is 6.21. The van der Waals surface area contributed by atoms with E-state index in [1.165, 1.54) is 56.2 Å². The molecule has 5 rings (SSSR count). The lowest BCUT2D eigenvalue weighted by Crippen LogP contribution is -2.48. The Morgan fingerprint density at radius 1 is 1.29 bits per heavy atom. The Kier molecular flexibility index (Phi) is 2.20. The van der Waals surface area contributed by atoms with Crippen LogP contribution in [0.15, 0.2) is 12.1 Å². The second-order valence-corrected chi connectivity index (χ2v) is 7.43. The molecule has 112 valence electrons. The number of nitrogens with zero attached hydrogens (tertiary/aromatic N) is 1. The number of piperidine rings is 1. The summed E-state index contributed by atoms with van der Waals surface area (Å²) in [5.74, 6) is 0.447. The van der Waals surface area contributed by atoms with E-state index in [-0.39, 0.29) is 0 Å². The van der Waals surface area contributed by atoms with Gasteiger partial charge in [-0.05, 0) is 55.9 Å². The Balaban J connectivity index is 1.69. The number of rotatable bonds is 2. The molecule has 0 bridgehead atoms. The predicted octanol–water partition coefficient (Wildman–Crippen LogP) is 3.02. The SMILES string of the molecule is CCNc1cc2c(cc1O)[C@]13CCCC[C@]14[C@H](C2)N4CC3. The molecule has 2 aliphatic heterocycles. The van der Waals surface area contributed by atoms with Crippen LogP contribution in [0.3, 0.4) is 0 Å². The largest absolute Gasteiger partial charge is 0.506 e. The molecule has 3 nitrogen and oxygen atoms in total. The van der Waals surface area contributed by atoms with Crippen LogP contribution in [-0.4, -0.2) is 34.7 Å². The standard InChI is InChI=1S/C18H24N2O/c1-2-19-14-9-12-10-16-18-6-4-3-5-17(18,7-8-20(16)18)13(12)11-15(14)21/h9,11,16,19,21H,2-8,10H2,1H3/t16-,17+,18-,20?/m0/s1. The molecular weight excluding hydrogens is 260 g/mol. The Bertz CT molecular complexity index is 628. The maximum absolute atomic E-state index is 10.4. The van der Waals surface area contributed by atoms with Gasteiger partial charge in [0.1, 0.15) is 5.75 Å². The lowest BCUT2D eigenvalue weighted by molar-refractivity contribution is 0.214. The molecular formula is C18H24N2O. The molecule has 1 aromatic rings. The first-order valence-electron chi connectivity index (χ1n) is 8.60. The summed E-state index contributed by atoms with van der Waals surface area (Å²) in [6.45, 7) is 4.22. The summed E-state index contributed by atoms with van der Waals surface area (Å²) >= 11 is 0. The molecule has 0 aromatic heterocycles. The average Bonchev–Trinajstić information content (AvgIpc) is 2.94. The lowest BCUT2D eigenvalue weighted by Gasteiger charge is -2.46. The fraction of sp³-hybridized carbons (Fsp3) is 0.667. The number of nitrogens with one attached hydrogen (secondary N) is 1. The van der Waals surface area contributed by atoms with E-state index in [4.69, 9.17) is 0 Å². The smallest absolute Gasteiger partial charge is 0.138 e. The zero-order chi connectivity index (χ0) is 14.2. The molecule has 2 saturated heterocycles. The highest BCUT2D eigenvalue weighted by molar-refractivity contribution is 5.64. The quantitative estimate of drug-likeness (QED) is 0.647. The molecule has 0 amide bonds. The van der Waals surface area contributed by atoms with Crippen molar-refractivity contribution in [3.63, 3.8) is 0 Å². The van der Waals surface area contributed by atoms with Gasteiger partial charge in [-0.2, -0.15) is 0 Å². The molecule has 2 N–H and O–H groups in total. The van der Waals surface area contributed by atoms with Crippen LogP contribution in [0.4, 0.5) is 5.69 Å². The number of phenolic OH excluding ortho intramolecular Hbond substituents is 1. The maximum atomic E-state index is 10.4. The zero-order valence-corrected chi connectivity index (χ0v) is 12.8. The number of phenols is 1. The Labute approximate surface area is 126 Å². The van der Waals surface area contributed by atoms with Crippen molar-refractivity contribution >= 4 is 5.69 Å². The van der Waals surface area contributed by atoms with E-state index in [0.29, 0.717) is 16.7 Å². The van der Waals surface area contributed by atoms with Gasteiger partial charge >= 0.3 is 0 Å². The van der Waals surface area contributed by atoms with Crippen LogP contribution in [0.1, 0.15) is 50.2 Å². The zero-order valence-electron chi connectivity index (χ0n) is 12.8. The van der Waals surface area contributed by atoms with Gasteiger partial charge in [-0.3, -0.25) is 4.90 Å². The Morgan fingerprint density at radius 3 is 3.00 bits per heavy atom. The van der Waals surface area contributed by atoms with Crippen molar-refractivity contribution in [2.24, 2.45) is 0 Å². The first-order chi connectivity index (χ1) is 10.2. The third-order valence-corrected chi connectivity index (χ3v) is 6.91. The number of aromatic hydroxyl groups is 1. The minimum absolute atomic E-state index is 0.353. The highest BCUT2D eigenvalue weighted by atomic mass is 16.3. The molecule has 4 aliphatic rings.